The molecule has 0 unspecified atom stereocenters. The van der Waals surface area contributed by atoms with E-state index in [0.29, 0.717) is 24.3 Å². The number of amides is 1. The lowest BCUT2D eigenvalue weighted by molar-refractivity contribution is 0.0742. The number of rotatable bonds is 4. The Kier molecular flexibility index (Phi) is 3.90. The van der Waals surface area contributed by atoms with Gasteiger partial charge in [-0.15, -0.1) is 0 Å². The van der Waals surface area contributed by atoms with Crippen molar-refractivity contribution >= 4 is 11.6 Å². The maximum atomic E-state index is 12.5. The first-order valence-electron chi connectivity index (χ1n) is 6.29. The fourth-order valence-corrected chi connectivity index (χ4v) is 1.94. The van der Waals surface area contributed by atoms with Crippen LogP contribution in [-0.4, -0.2) is 17.4 Å². The molecular formula is C15H18N2O2. The molecular weight excluding hydrogens is 240 g/mol. The van der Waals surface area contributed by atoms with E-state index in [1.165, 1.54) is 0 Å². The third-order valence-electron chi connectivity index (χ3n) is 3.03. The monoisotopic (exact) mass is 258 g/mol. The van der Waals surface area contributed by atoms with Gasteiger partial charge in [-0.25, -0.2) is 0 Å². The van der Waals surface area contributed by atoms with E-state index in [4.69, 9.17) is 10.2 Å². The fraction of sp³-hybridized carbons (Fsp3) is 0.267. The first-order chi connectivity index (χ1) is 9.11. The van der Waals surface area contributed by atoms with Crippen molar-refractivity contribution in [3.8, 4) is 0 Å². The Morgan fingerprint density at radius 3 is 2.79 bits per heavy atom. The van der Waals surface area contributed by atoms with Crippen LogP contribution in [0.1, 0.15) is 28.6 Å². The Morgan fingerprint density at radius 2 is 2.16 bits per heavy atom. The summed E-state index contributed by atoms with van der Waals surface area (Å²) in [5, 5.41) is 0. The SMILES string of the molecule is CCN(Cc1ccco1)C(=O)c1cc(C)ccc1N. The summed E-state index contributed by atoms with van der Waals surface area (Å²) in [6.07, 6.45) is 1.61. The summed E-state index contributed by atoms with van der Waals surface area (Å²) in [7, 11) is 0. The quantitative estimate of drug-likeness (QED) is 0.858. The molecule has 0 saturated carbocycles. The zero-order chi connectivity index (χ0) is 13.8. The molecule has 0 aliphatic carbocycles. The number of hydrogen-bond donors (Lipinski definition) is 1. The number of nitrogens with two attached hydrogens (primary N) is 1. The van der Waals surface area contributed by atoms with Crippen LogP contribution >= 0.6 is 0 Å². The maximum Gasteiger partial charge on any atom is 0.256 e. The molecule has 2 N–H and O–H groups in total. The van der Waals surface area contributed by atoms with E-state index in [2.05, 4.69) is 0 Å². The molecule has 100 valence electrons. The molecule has 0 atom stereocenters. The van der Waals surface area contributed by atoms with E-state index < -0.39 is 0 Å². The molecule has 2 rings (SSSR count). The summed E-state index contributed by atoms with van der Waals surface area (Å²) in [6, 6.07) is 9.16. The zero-order valence-corrected chi connectivity index (χ0v) is 11.2. The van der Waals surface area contributed by atoms with Crippen LogP contribution in [-0.2, 0) is 6.54 Å². The van der Waals surface area contributed by atoms with Gasteiger partial charge < -0.3 is 15.1 Å². The van der Waals surface area contributed by atoms with Crippen molar-refractivity contribution in [3.63, 3.8) is 0 Å². The molecule has 4 nitrogen and oxygen atoms in total. The highest BCUT2D eigenvalue weighted by molar-refractivity contribution is 5.99. The second-order valence-corrected chi connectivity index (χ2v) is 4.49. The summed E-state index contributed by atoms with van der Waals surface area (Å²) >= 11 is 0. The molecule has 1 aromatic heterocycles. The van der Waals surface area contributed by atoms with Gasteiger partial charge in [0, 0.05) is 12.2 Å². The molecule has 2 aromatic rings. The van der Waals surface area contributed by atoms with Gasteiger partial charge in [0.05, 0.1) is 18.4 Å². The van der Waals surface area contributed by atoms with Crippen LogP contribution < -0.4 is 5.73 Å². The number of benzene rings is 1. The van der Waals surface area contributed by atoms with Gasteiger partial charge in [-0.2, -0.15) is 0 Å². The maximum absolute atomic E-state index is 12.5. The van der Waals surface area contributed by atoms with Gasteiger partial charge in [0.1, 0.15) is 5.76 Å². The van der Waals surface area contributed by atoms with E-state index in [9.17, 15) is 4.79 Å². The Morgan fingerprint density at radius 1 is 1.37 bits per heavy atom. The number of anilines is 1. The highest BCUT2D eigenvalue weighted by Gasteiger charge is 2.18. The average molecular weight is 258 g/mol. The first kappa shape index (κ1) is 13.2. The predicted molar refractivity (Wildman–Crippen MR) is 74.7 cm³/mol. The van der Waals surface area contributed by atoms with Crippen LogP contribution in [0.25, 0.3) is 0 Å². The van der Waals surface area contributed by atoms with Gasteiger partial charge in [-0.05, 0) is 38.1 Å². The molecule has 0 bridgehead atoms. The van der Waals surface area contributed by atoms with Crippen LogP contribution in [0.15, 0.2) is 41.0 Å². The van der Waals surface area contributed by atoms with Gasteiger partial charge in [-0.3, -0.25) is 4.79 Å². The van der Waals surface area contributed by atoms with Crippen molar-refractivity contribution in [1.29, 1.82) is 0 Å². The molecule has 19 heavy (non-hydrogen) atoms. The van der Waals surface area contributed by atoms with Crippen LogP contribution in [0.2, 0.25) is 0 Å². The van der Waals surface area contributed by atoms with Crippen LogP contribution in [0, 0.1) is 6.92 Å². The first-order valence-corrected chi connectivity index (χ1v) is 6.29. The summed E-state index contributed by atoms with van der Waals surface area (Å²) in [5.74, 6) is 0.696. The normalized spacial score (nSPS) is 10.4. The summed E-state index contributed by atoms with van der Waals surface area (Å²) in [5.41, 5.74) is 7.96. The van der Waals surface area contributed by atoms with Gasteiger partial charge in [-0.1, -0.05) is 11.6 Å². The minimum atomic E-state index is -0.0694. The zero-order valence-electron chi connectivity index (χ0n) is 11.2. The second kappa shape index (κ2) is 5.61. The summed E-state index contributed by atoms with van der Waals surface area (Å²) < 4.78 is 5.28. The highest BCUT2D eigenvalue weighted by Crippen LogP contribution is 2.17. The van der Waals surface area contributed by atoms with Gasteiger partial charge in [0.15, 0.2) is 0 Å². The van der Waals surface area contributed by atoms with Crippen molar-refractivity contribution in [2.75, 3.05) is 12.3 Å². The van der Waals surface area contributed by atoms with Gasteiger partial charge in [0.2, 0.25) is 0 Å². The van der Waals surface area contributed by atoms with Gasteiger partial charge in [0.25, 0.3) is 5.91 Å². The number of hydrogen-bond acceptors (Lipinski definition) is 3. The molecule has 1 heterocycles. The molecule has 0 aliphatic heterocycles. The van der Waals surface area contributed by atoms with E-state index in [-0.39, 0.29) is 5.91 Å². The van der Waals surface area contributed by atoms with Gasteiger partial charge >= 0.3 is 0 Å². The topological polar surface area (TPSA) is 59.5 Å². The van der Waals surface area contributed by atoms with E-state index in [1.807, 2.05) is 38.1 Å². The Hall–Kier alpha value is -2.23. The Labute approximate surface area is 112 Å². The largest absolute Gasteiger partial charge is 0.467 e. The number of furan rings is 1. The van der Waals surface area contributed by atoms with E-state index in [1.54, 1.807) is 17.2 Å². The Balaban J connectivity index is 2.23. The lowest BCUT2D eigenvalue weighted by Crippen LogP contribution is -2.30. The van der Waals surface area contributed by atoms with Crippen molar-refractivity contribution in [1.82, 2.24) is 4.90 Å². The summed E-state index contributed by atoms with van der Waals surface area (Å²) in [6.45, 7) is 4.94. The number of nitrogens with zero attached hydrogens (tertiary/aromatic N) is 1. The Bertz CT molecular complexity index is 562. The van der Waals surface area contributed by atoms with Crippen LogP contribution in [0.4, 0.5) is 5.69 Å². The van der Waals surface area contributed by atoms with E-state index >= 15 is 0 Å². The molecule has 0 spiro atoms. The number of carbonyl (C=O) groups is 1. The third-order valence-corrected chi connectivity index (χ3v) is 3.03. The second-order valence-electron chi connectivity index (χ2n) is 4.49. The number of aryl methyl sites for hydroxylation is 1. The standard InChI is InChI=1S/C15H18N2O2/c1-3-17(10-12-5-4-8-19-12)15(18)13-9-11(2)6-7-14(13)16/h4-9H,3,10,16H2,1-2H3. The number of carbonyl (C=O) groups excluding carboxylic acids is 1. The molecule has 1 aromatic carbocycles. The third kappa shape index (κ3) is 2.96. The fourth-order valence-electron chi connectivity index (χ4n) is 1.94. The van der Waals surface area contributed by atoms with Crippen LogP contribution in [0.3, 0.4) is 0 Å². The molecule has 0 aliphatic rings. The van der Waals surface area contributed by atoms with Crippen molar-refractivity contribution < 1.29 is 9.21 Å². The highest BCUT2D eigenvalue weighted by atomic mass is 16.3. The minimum Gasteiger partial charge on any atom is -0.467 e. The molecule has 4 heteroatoms. The summed E-state index contributed by atoms with van der Waals surface area (Å²) in [4.78, 5) is 14.2. The van der Waals surface area contributed by atoms with Crippen LogP contribution in [0.5, 0.6) is 0 Å². The van der Waals surface area contributed by atoms with E-state index in [0.717, 1.165) is 11.3 Å². The van der Waals surface area contributed by atoms with Crippen molar-refractivity contribution in [2.24, 2.45) is 0 Å². The molecule has 0 saturated heterocycles. The molecule has 0 radical (unpaired) electrons. The smallest absolute Gasteiger partial charge is 0.256 e. The lowest BCUT2D eigenvalue weighted by Gasteiger charge is -2.20. The average Bonchev–Trinajstić information content (AvgIpc) is 2.91. The molecule has 0 fully saturated rings. The predicted octanol–water partition coefficient (Wildman–Crippen LogP) is 2.83. The molecule has 1 amide bonds. The van der Waals surface area contributed by atoms with Crippen molar-refractivity contribution in [2.45, 2.75) is 20.4 Å². The lowest BCUT2D eigenvalue weighted by atomic mass is 10.1. The minimum absolute atomic E-state index is 0.0694. The van der Waals surface area contributed by atoms with Crippen molar-refractivity contribution in [3.05, 3.63) is 53.5 Å². The number of nitrogen functional groups attached to an aromatic ring is 1.